The maximum atomic E-state index is 4.38. The predicted molar refractivity (Wildman–Crippen MR) is 71.0 cm³/mol. The van der Waals surface area contributed by atoms with Crippen LogP contribution in [0.4, 0.5) is 0 Å². The monoisotopic (exact) mass is 247 g/mol. The van der Waals surface area contributed by atoms with Gasteiger partial charge in [0.1, 0.15) is 0 Å². The first-order valence-corrected chi connectivity index (χ1v) is 6.42. The fourth-order valence-electron chi connectivity index (χ4n) is 1.94. The van der Waals surface area contributed by atoms with Crippen molar-refractivity contribution >= 4 is 0 Å². The van der Waals surface area contributed by atoms with Crippen LogP contribution in [0, 0.1) is 0 Å². The van der Waals surface area contributed by atoms with E-state index in [4.69, 9.17) is 0 Å². The molecular formula is C13H21N5. The number of aromatic nitrogens is 4. The highest BCUT2D eigenvalue weighted by molar-refractivity contribution is 5.03. The SMILES string of the molecule is CC[C@H](C)n1nccc1CNCc1ccnn1C. The Morgan fingerprint density at radius 3 is 2.50 bits per heavy atom. The zero-order valence-electron chi connectivity index (χ0n) is 11.3. The van der Waals surface area contributed by atoms with Crippen molar-refractivity contribution in [1.29, 1.82) is 0 Å². The first-order valence-electron chi connectivity index (χ1n) is 6.42. The highest BCUT2D eigenvalue weighted by Crippen LogP contribution is 2.12. The van der Waals surface area contributed by atoms with Gasteiger partial charge in [-0.25, -0.2) is 0 Å². The van der Waals surface area contributed by atoms with Gasteiger partial charge in [0.05, 0.1) is 11.4 Å². The third kappa shape index (κ3) is 2.79. The third-order valence-electron chi connectivity index (χ3n) is 3.30. The summed E-state index contributed by atoms with van der Waals surface area (Å²) in [7, 11) is 1.96. The van der Waals surface area contributed by atoms with Crippen molar-refractivity contribution in [2.24, 2.45) is 7.05 Å². The zero-order valence-corrected chi connectivity index (χ0v) is 11.3. The number of aryl methyl sites for hydroxylation is 1. The molecule has 98 valence electrons. The van der Waals surface area contributed by atoms with E-state index in [1.807, 2.05) is 30.2 Å². The minimum atomic E-state index is 0.452. The van der Waals surface area contributed by atoms with Crippen LogP contribution in [0.1, 0.15) is 37.7 Å². The van der Waals surface area contributed by atoms with Gasteiger partial charge in [-0.3, -0.25) is 9.36 Å². The van der Waals surface area contributed by atoms with Crippen LogP contribution in [-0.2, 0) is 20.1 Å². The van der Waals surface area contributed by atoms with Crippen molar-refractivity contribution in [3.63, 3.8) is 0 Å². The molecule has 2 aromatic rings. The van der Waals surface area contributed by atoms with Gasteiger partial charge in [-0.2, -0.15) is 10.2 Å². The van der Waals surface area contributed by atoms with Gasteiger partial charge in [0, 0.05) is 38.6 Å². The van der Waals surface area contributed by atoms with Crippen molar-refractivity contribution < 1.29 is 0 Å². The molecule has 5 heteroatoms. The molecule has 0 bridgehead atoms. The third-order valence-corrected chi connectivity index (χ3v) is 3.30. The van der Waals surface area contributed by atoms with E-state index in [0.29, 0.717) is 6.04 Å². The zero-order chi connectivity index (χ0) is 13.0. The van der Waals surface area contributed by atoms with Crippen LogP contribution < -0.4 is 5.32 Å². The van der Waals surface area contributed by atoms with E-state index in [-0.39, 0.29) is 0 Å². The Morgan fingerprint density at radius 1 is 1.17 bits per heavy atom. The van der Waals surface area contributed by atoms with E-state index >= 15 is 0 Å². The number of nitrogens with zero attached hydrogens (tertiary/aromatic N) is 4. The lowest BCUT2D eigenvalue weighted by atomic mass is 10.2. The standard InChI is InChI=1S/C13H21N5/c1-4-11(2)18-13(6-8-16-18)10-14-9-12-5-7-15-17(12)3/h5-8,11,14H,4,9-10H2,1-3H3/t11-/m0/s1. The number of hydrogen-bond donors (Lipinski definition) is 1. The molecule has 2 heterocycles. The number of nitrogens with one attached hydrogen (secondary N) is 1. The van der Waals surface area contributed by atoms with Crippen molar-refractivity contribution in [3.8, 4) is 0 Å². The van der Waals surface area contributed by atoms with Gasteiger partial charge in [0.15, 0.2) is 0 Å². The maximum Gasteiger partial charge on any atom is 0.0525 e. The molecule has 0 aliphatic carbocycles. The average Bonchev–Trinajstić information content (AvgIpc) is 2.98. The topological polar surface area (TPSA) is 47.7 Å². The summed E-state index contributed by atoms with van der Waals surface area (Å²) in [6.45, 7) is 6.02. The van der Waals surface area contributed by atoms with Crippen molar-refractivity contribution in [2.75, 3.05) is 0 Å². The first kappa shape index (κ1) is 12.8. The smallest absolute Gasteiger partial charge is 0.0525 e. The molecule has 0 aromatic carbocycles. The van der Waals surface area contributed by atoms with Crippen LogP contribution in [0.25, 0.3) is 0 Å². The average molecular weight is 247 g/mol. The fourth-order valence-corrected chi connectivity index (χ4v) is 1.94. The second-order valence-corrected chi connectivity index (χ2v) is 4.57. The minimum Gasteiger partial charge on any atom is -0.306 e. The van der Waals surface area contributed by atoms with Crippen LogP contribution >= 0.6 is 0 Å². The second-order valence-electron chi connectivity index (χ2n) is 4.57. The summed E-state index contributed by atoms with van der Waals surface area (Å²) < 4.78 is 3.98. The van der Waals surface area contributed by atoms with Gasteiger partial charge in [-0.15, -0.1) is 0 Å². The molecule has 0 unspecified atom stereocenters. The Bertz CT molecular complexity index is 485. The molecule has 0 radical (unpaired) electrons. The molecule has 2 rings (SSSR count). The molecule has 0 aliphatic rings. The molecule has 18 heavy (non-hydrogen) atoms. The van der Waals surface area contributed by atoms with Crippen molar-refractivity contribution in [1.82, 2.24) is 24.9 Å². The Hall–Kier alpha value is -1.62. The van der Waals surface area contributed by atoms with Crippen LogP contribution in [-0.4, -0.2) is 19.6 Å². The summed E-state index contributed by atoms with van der Waals surface area (Å²) in [6.07, 6.45) is 4.78. The van der Waals surface area contributed by atoms with Gasteiger partial charge in [0.25, 0.3) is 0 Å². The normalized spacial score (nSPS) is 12.8. The molecule has 1 atom stereocenters. The summed E-state index contributed by atoms with van der Waals surface area (Å²) in [5, 5.41) is 12.0. The van der Waals surface area contributed by atoms with E-state index in [0.717, 1.165) is 19.5 Å². The van der Waals surface area contributed by atoms with E-state index in [1.54, 1.807) is 0 Å². The minimum absolute atomic E-state index is 0.452. The molecule has 0 saturated heterocycles. The van der Waals surface area contributed by atoms with Crippen LogP contribution in [0.2, 0.25) is 0 Å². The van der Waals surface area contributed by atoms with E-state index in [1.165, 1.54) is 11.4 Å². The molecule has 2 aromatic heterocycles. The number of rotatable bonds is 6. The molecule has 0 spiro atoms. The summed E-state index contributed by atoms with van der Waals surface area (Å²) in [6, 6.07) is 4.55. The lowest BCUT2D eigenvalue weighted by Crippen LogP contribution is -2.19. The molecule has 0 fully saturated rings. The quantitative estimate of drug-likeness (QED) is 0.848. The van der Waals surface area contributed by atoms with E-state index in [2.05, 4.69) is 40.1 Å². The highest BCUT2D eigenvalue weighted by atomic mass is 15.3. The molecule has 0 aliphatic heterocycles. The summed E-state index contributed by atoms with van der Waals surface area (Å²) in [5.41, 5.74) is 2.41. The maximum absolute atomic E-state index is 4.38. The molecule has 0 amide bonds. The van der Waals surface area contributed by atoms with Gasteiger partial charge < -0.3 is 5.32 Å². The Labute approximate surface area is 108 Å². The van der Waals surface area contributed by atoms with E-state index in [9.17, 15) is 0 Å². The Balaban J connectivity index is 1.91. The summed E-state index contributed by atoms with van der Waals surface area (Å²) in [4.78, 5) is 0. The van der Waals surface area contributed by atoms with Gasteiger partial charge in [-0.05, 0) is 25.5 Å². The Morgan fingerprint density at radius 2 is 1.83 bits per heavy atom. The molecular weight excluding hydrogens is 226 g/mol. The predicted octanol–water partition coefficient (Wildman–Crippen LogP) is 1.88. The van der Waals surface area contributed by atoms with Gasteiger partial charge in [-0.1, -0.05) is 6.92 Å². The van der Waals surface area contributed by atoms with Crippen molar-refractivity contribution in [3.05, 3.63) is 35.9 Å². The largest absolute Gasteiger partial charge is 0.306 e. The molecule has 5 nitrogen and oxygen atoms in total. The van der Waals surface area contributed by atoms with Crippen LogP contribution in [0.3, 0.4) is 0 Å². The van der Waals surface area contributed by atoms with E-state index < -0.39 is 0 Å². The lowest BCUT2D eigenvalue weighted by Gasteiger charge is -2.14. The number of hydrogen-bond acceptors (Lipinski definition) is 3. The summed E-state index contributed by atoms with van der Waals surface area (Å²) in [5.74, 6) is 0. The highest BCUT2D eigenvalue weighted by Gasteiger charge is 2.08. The first-order chi connectivity index (χ1) is 8.72. The molecule has 1 N–H and O–H groups in total. The lowest BCUT2D eigenvalue weighted by molar-refractivity contribution is 0.450. The molecule has 0 saturated carbocycles. The Kier molecular flexibility index (Phi) is 4.15. The second kappa shape index (κ2) is 5.82. The van der Waals surface area contributed by atoms with Crippen LogP contribution in [0.5, 0.6) is 0 Å². The fraction of sp³-hybridized carbons (Fsp3) is 0.538. The van der Waals surface area contributed by atoms with Gasteiger partial charge in [0.2, 0.25) is 0 Å². The van der Waals surface area contributed by atoms with Gasteiger partial charge >= 0.3 is 0 Å². The van der Waals surface area contributed by atoms with Crippen molar-refractivity contribution in [2.45, 2.75) is 39.4 Å². The summed E-state index contributed by atoms with van der Waals surface area (Å²) >= 11 is 0. The van der Waals surface area contributed by atoms with Crippen LogP contribution in [0.15, 0.2) is 24.5 Å².